The fourth-order valence-electron chi connectivity index (χ4n) is 4.58. The molecule has 0 saturated heterocycles. The molecule has 0 unspecified atom stereocenters. The van der Waals surface area contributed by atoms with Crippen LogP contribution in [0.3, 0.4) is 0 Å². The van der Waals surface area contributed by atoms with Crippen molar-refractivity contribution in [2.24, 2.45) is 0 Å². The molecule has 4 aromatic rings. The number of benzene rings is 4. The lowest BCUT2D eigenvalue weighted by molar-refractivity contribution is 0.770. The van der Waals surface area contributed by atoms with E-state index in [2.05, 4.69) is 156 Å². The van der Waals surface area contributed by atoms with Crippen LogP contribution < -0.4 is 13.3 Å². The van der Waals surface area contributed by atoms with Crippen LogP contribution in [0.15, 0.2) is 84.9 Å². The first-order chi connectivity index (χ1) is 14.0. The smallest absolute Gasteiger partial charge is 0.139 e. The summed E-state index contributed by atoms with van der Waals surface area (Å²) in [6, 6.07) is 31.6. The Morgan fingerprint density at radius 2 is 0.931 bits per heavy atom. The third-order valence-corrected chi connectivity index (χ3v) is 7.63. The molecule has 0 fully saturated rings. The standard InChI is InChI=1S/C25H14I.3Al/c26-20-16-14-19(15-17-20)25(18-8-2-1-3-9-18)23-12-6-4-10-21(23)22-11-5-7-13-24(22)25;;;/h2-5,8-17H;;;. The molecule has 1 aliphatic rings. The molecule has 0 spiro atoms. The lowest BCUT2D eigenvalue weighted by atomic mass is 9.68. The maximum Gasteiger partial charge on any atom is 0.175 e. The molecule has 0 heterocycles. The number of hydrogen-bond acceptors (Lipinski definition) is 0. The first-order valence-electron chi connectivity index (χ1n) is 9.42. The van der Waals surface area contributed by atoms with Gasteiger partial charge in [-0.3, -0.25) is 0 Å². The van der Waals surface area contributed by atoms with E-state index in [-0.39, 0.29) is 5.41 Å². The topological polar surface area (TPSA) is 0 Å². The van der Waals surface area contributed by atoms with E-state index < -0.39 is 0 Å². The molecule has 0 amide bonds. The Morgan fingerprint density at radius 3 is 1.41 bits per heavy atom. The molecule has 4 aromatic carbocycles. The molecule has 0 bridgehead atoms. The van der Waals surface area contributed by atoms with E-state index in [1.165, 1.54) is 50.2 Å². The molecule has 0 atom stereocenters. The zero-order chi connectivity index (χ0) is 20.2. The Bertz CT molecular complexity index is 1130. The van der Waals surface area contributed by atoms with Crippen molar-refractivity contribution in [1.82, 2.24) is 0 Å². The monoisotopic (exact) mass is 522 g/mol. The van der Waals surface area contributed by atoms with Crippen molar-refractivity contribution in [3.05, 3.63) is 111 Å². The minimum atomic E-state index is -0.327. The number of hydrogen-bond donors (Lipinski definition) is 0. The second kappa shape index (κ2) is 7.72. The predicted molar refractivity (Wildman–Crippen MR) is 133 cm³/mol. The maximum absolute atomic E-state index is 2.88. The van der Waals surface area contributed by atoms with Gasteiger partial charge in [0.1, 0.15) is 0 Å². The van der Waals surface area contributed by atoms with Crippen molar-refractivity contribution in [3.63, 3.8) is 0 Å². The molecule has 0 aliphatic heterocycles. The van der Waals surface area contributed by atoms with E-state index >= 15 is 0 Å². The van der Waals surface area contributed by atoms with Crippen LogP contribution in [0.2, 0.25) is 0 Å². The van der Waals surface area contributed by atoms with Crippen molar-refractivity contribution in [1.29, 1.82) is 0 Å². The molecule has 0 saturated carbocycles. The van der Waals surface area contributed by atoms with Gasteiger partial charge in [0.15, 0.2) is 48.9 Å². The molecular weight excluding hydrogens is 508 g/mol. The summed E-state index contributed by atoms with van der Waals surface area (Å²) in [4.78, 5) is 0. The fourth-order valence-corrected chi connectivity index (χ4v) is 5.66. The van der Waals surface area contributed by atoms with Gasteiger partial charge in [-0.05, 0) is 68.1 Å². The third-order valence-electron chi connectivity index (χ3n) is 5.81. The Morgan fingerprint density at radius 1 is 0.517 bits per heavy atom. The van der Waals surface area contributed by atoms with Gasteiger partial charge in [-0.25, -0.2) is 0 Å². The van der Waals surface area contributed by atoms with Crippen LogP contribution >= 0.6 is 22.6 Å². The second-order valence-corrected chi connectivity index (χ2v) is 10.7. The van der Waals surface area contributed by atoms with Crippen molar-refractivity contribution in [2.75, 3.05) is 0 Å². The highest BCUT2D eigenvalue weighted by Gasteiger charge is 2.45. The highest BCUT2D eigenvalue weighted by molar-refractivity contribution is 14.1. The first-order valence-corrected chi connectivity index (χ1v) is 12.2. The summed E-state index contributed by atoms with van der Waals surface area (Å²) < 4.78 is 4.87. The summed E-state index contributed by atoms with van der Waals surface area (Å²) in [6.45, 7) is 0. The summed E-state index contributed by atoms with van der Waals surface area (Å²) in [5.74, 6) is 0. The lowest BCUT2D eigenvalue weighted by Crippen LogP contribution is -2.30. The summed E-state index contributed by atoms with van der Waals surface area (Å²) in [7, 11) is 0. The number of fused-ring (bicyclic) bond motifs is 3. The molecular formula is C25H14Al3I. The van der Waals surface area contributed by atoms with E-state index in [4.69, 9.17) is 0 Å². The van der Waals surface area contributed by atoms with Crippen LogP contribution in [0.5, 0.6) is 0 Å². The minimum Gasteiger partial charge on any atom is -0.139 e. The van der Waals surface area contributed by atoms with Crippen LogP contribution in [0, 0.1) is 3.57 Å². The first kappa shape index (κ1) is 20.1. The van der Waals surface area contributed by atoms with E-state index in [1.807, 2.05) is 0 Å². The van der Waals surface area contributed by atoms with Crippen LogP contribution in [0.25, 0.3) is 11.1 Å². The highest BCUT2D eigenvalue weighted by Crippen LogP contribution is 2.55. The van der Waals surface area contributed by atoms with Crippen molar-refractivity contribution < 1.29 is 0 Å². The molecule has 1 aliphatic carbocycles. The van der Waals surface area contributed by atoms with Gasteiger partial charge in [-0.15, -0.1) is 13.3 Å². The van der Waals surface area contributed by atoms with Gasteiger partial charge in [0.05, 0.1) is 5.41 Å². The normalized spacial score (nSPS) is 13.7. The summed E-state index contributed by atoms with van der Waals surface area (Å²) in [5, 5.41) is 0. The SMILES string of the molecule is [Al][c]1ccc(C2(c3ccc(I)cc3)c3c[c]([Al])ccc3-c3cc[c]([Al])cc32)cc1. The van der Waals surface area contributed by atoms with Crippen molar-refractivity contribution in [3.8, 4) is 11.1 Å². The average Bonchev–Trinajstić information content (AvgIpc) is 2.99. The van der Waals surface area contributed by atoms with Gasteiger partial charge in [-0.1, -0.05) is 72.8 Å². The van der Waals surface area contributed by atoms with E-state index in [0.717, 1.165) is 0 Å². The third kappa shape index (κ3) is 3.23. The molecule has 130 valence electrons. The predicted octanol–water partition coefficient (Wildman–Crippen LogP) is 3.04. The summed E-state index contributed by atoms with van der Waals surface area (Å²) >= 11 is 10.9. The van der Waals surface area contributed by atoms with Gasteiger partial charge in [0.2, 0.25) is 0 Å². The van der Waals surface area contributed by atoms with Gasteiger partial charge >= 0.3 is 0 Å². The average molecular weight is 522 g/mol. The maximum atomic E-state index is 2.88. The number of halogens is 1. The quantitative estimate of drug-likeness (QED) is 0.247. The summed E-state index contributed by atoms with van der Waals surface area (Å²) in [5.41, 5.74) is 7.64. The Hall–Kier alpha value is -0.793. The zero-order valence-electron chi connectivity index (χ0n) is 15.7. The van der Waals surface area contributed by atoms with Crippen molar-refractivity contribution >= 4 is 84.7 Å². The van der Waals surface area contributed by atoms with Crippen molar-refractivity contribution in [2.45, 2.75) is 5.41 Å². The lowest BCUT2D eigenvalue weighted by Gasteiger charge is -2.34. The fraction of sp³-hybridized carbons (Fsp3) is 0.0400. The molecule has 4 heteroatoms. The van der Waals surface area contributed by atoms with Crippen LogP contribution in [-0.4, -0.2) is 48.9 Å². The van der Waals surface area contributed by atoms with Crippen LogP contribution in [0.1, 0.15) is 22.3 Å². The van der Waals surface area contributed by atoms with Gasteiger partial charge in [0, 0.05) is 3.57 Å². The Labute approximate surface area is 210 Å². The van der Waals surface area contributed by atoms with Gasteiger partial charge < -0.3 is 0 Å². The molecule has 6 radical (unpaired) electrons. The Kier molecular flexibility index (Phi) is 5.36. The second-order valence-electron chi connectivity index (χ2n) is 7.49. The van der Waals surface area contributed by atoms with E-state index in [0.29, 0.717) is 0 Å². The van der Waals surface area contributed by atoms with E-state index in [1.54, 1.807) is 0 Å². The number of rotatable bonds is 2. The molecule has 0 N–H and O–H groups in total. The van der Waals surface area contributed by atoms with E-state index in [9.17, 15) is 0 Å². The largest absolute Gasteiger partial charge is 0.175 e. The molecule has 0 aromatic heterocycles. The highest BCUT2D eigenvalue weighted by atomic mass is 127. The molecule has 0 nitrogen and oxygen atoms in total. The molecule has 29 heavy (non-hydrogen) atoms. The minimum absolute atomic E-state index is 0.327. The van der Waals surface area contributed by atoms with Gasteiger partial charge in [0.25, 0.3) is 0 Å². The summed E-state index contributed by atoms with van der Waals surface area (Å²) in [6.07, 6.45) is 0. The molecule has 5 rings (SSSR count). The van der Waals surface area contributed by atoms with Gasteiger partial charge in [-0.2, -0.15) is 0 Å². The Balaban J connectivity index is 1.97. The zero-order valence-corrected chi connectivity index (χ0v) is 21.3. The van der Waals surface area contributed by atoms with Crippen LogP contribution in [0.4, 0.5) is 0 Å². The van der Waals surface area contributed by atoms with Crippen LogP contribution in [-0.2, 0) is 5.41 Å².